The van der Waals surface area contributed by atoms with Crippen LogP contribution in [0.1, 0.15) is 11.1 Å². The molecule has 0 heterocycles. The van der Waals surface area contributed by atoms with Gasteiger partial charge in [0, 0.05) is 8.95 Å². The maximum atomic E-state index is 8.89. The number of nitrogens with zero attached hydrogens (tertiary/aromatic N) is 2. The summed E-state index contributed by atoms with van der Waals surface area (Å²) < 4.78 is 6.34. The van der Waals surface area contributed by atoms with Crippen LogP contribution in [0.25, 0.3) is 0 Å². The number of nitriles is 2. The average Bonchev–Trinajstić information content (AvgIpc) is 2.87. The Morgan fingerprint density at radius 1 is 0.806 bits per heavy atom. The van der Waals surface area contributed by atoms with Gasteiger partial charge in [0.1, 0.15) is 23.6 Å². The molecule has 21 heteroatoms. The molecule has 2 aromatic rings. The molecule has 0 aliphatic heterocycles. The number of benzene rings is 2. The maximum absolute atomic E-state index is 8.89. The number of hydrogen-bond acceptors (Lipinski definition) is 4. The zero-order valence-corrected chi connectivity index (χ0v) is 52.2. The van der Waals surface area contributed by atoms with E-state index in [0.29, 0.717) is 28.9 Å². The number of aromatic hydroxyl groups is 1. The topological polar surface area (TPSA) is 77.0 Å². The molecule has 0 unspecified atom stereocenters. The second-order valence-electron chi connectivity index (χ2n) is 4.76. The number of methoxy groups -OCH3 is 1. The van der Waals surface area contributed by atoms with Crippen molar-refractivity contribution in [3.8, 4) is 23.6 Å². The van der Waals surface area contributed by atoms with E-state index in [1.165, 1.54) is 12.1 Å². The molecule has 0 radical (unpaired) electrons. The van der Waals surface area contributed by atoms with Gasteiger partial charge in [-0.2, -0.15) is 10.5 Å². The molecule has 0 amide bonds. The molecular weight excluding hydrogens is 2300 g/mol. The summed E-state index contributed by atoms with van der Waals surface area (Å²) in [5, 5.41) is 25.9. The Balaban J connectivity index is 0.000000522. The van der Waals surface area contributed by atoms with Crippen molar-refractivity contribution in [1.82, 2.24) is 0 Å². The molecule has 0 fully saturated rings. The van der Waals surface area contributed by atoms with Crippen molar-refractivity contribution in [3.05, 3.63) is 56.5 Å². The van der Waals surface area contributed by atoms with Crippen molar-refractivity contribution in [1.29, 1.82) is 10.5 Å². The Morgan fingerprint density at radius 2 is 1.28 bits per heavy atom. The van der Waals surface area contributed by atoms with Crippen molar-refractivity contribution in [3.63, 3.8) is 0 Å². The first-order valence-corrected chi connectivity index (χ1v) is 97.2. The number of rotatable bonds is 7. The second kappa shape index (κ2) is 26.8. The first-order valence-electron chi connectivity index (χ1n) is 7.64. The van der Waals surface area contributed by atoms with Crippen LogP contribution in [0, 0.1) is 22.7 Å². The summed E-state index contributed by atoms with van der Waals surface area (Å²) in [6.07, 6.45) is 0. The predicted octanol–water partition coefficient (Wildman–Crippen LogP) is 13.8. The van der Waals surface area contributed by atoms with Crippen LogP contribution in [0.2, 0.25) is 0 Å². The summed E-state index contributed by atoms with van der Waals surface area (Å²) in [6.45, 7) is 0. The predicted molar refractivity (Wildman–Crippen MR) is 282 cm³/mol. The SMILES string of the molecule is COc1ccc(C#N)c(Br)c1.I[I-]I(I)I(I)I(I)I(I)I(I)I(I)I.N#Cc1ccc(O)cc1Br. The number of phenols is 1. The van der Waals surface area contributed by atoms with Crippen LogP contribution < -0.4 is 18.0 Å². The minimum absolute atomic E-state index is 0.158. The zero-order valence-electron chi connectivity index (χ0n) is 16.6. The fraction of sp³-hybridized carbons (Fsp3) is 0.0667. The number of halogens is 17. The standard InChI is InChI=1S/C8H6BrNO.C7H4BrNO.I15/c1-11-7-3-2-6(5-10)8(9)4-7;8-7-3-6(10)2-1-5(7)4-9;1-9-11(4)13(6)15(8)14(7)12(5)10(2)3/h2-4H,1H3;1-3,10H;/q;;-1. The second-order valence-corrected chi connectivity index (χ2v) is 315. The van der Waals surface area contributed by atoms with Crippen LogP contribution in [0.5, 0.6) is 11.5 Å². The molecule has 0 aliphatic carbocycles. The van der Waals surface area contributed by atoms with E-state index in [9.17, 15) is 0 Å². The third-order valence-corrected chi connectivity index (χ3v) is 913. The van der Waals surface area contributed by atoms with Gasteiger partial charge >= 0.3 is 210 Å². The van der Waals surface area contributed by atoms with Gasteiger partial charge in [0.15, 0.2) is 0 Å². The van der Waals surface area contributed by atoms with Crippen LogP contribution in [0.15, 0.2) is 45.3 Å². The summed E-state index contributed by atoms with van der Waals surface area (Å²) in [6, 6.07) is 13.8. The van der Waals surface area contributed by atoms with Gasteiger partial charge in [-0.05, 0) is 68.3 Å². The Morgan fingerprint density at radius 3 is 1.67 bits per heavy atom. The quantitative estimate of drug-likeness (QED) is 0.280. The van der Waals surface area contributed by atoms with Gasteiger partial charge < -0.3 is 9.84 Å². The smallest absolute Gasteiger partial charge is 0.116 e. The van der Waals surface area contributed by atoms with Gasteiger partial charge in [-0.1, -0.05) is 0 Å². The molecule has 212 valence electrons. The van der Waals surface area contributed by atoms with Gasteiger partial charge in [-0.3, -0.25) is 0 Å². The molecule has 2 aromatic carbocycles. The molecule has 0 aromatic heterocycles. The largest absolute Gasteiger partial charge is 0.508 e. The molecule has 2 rings (SSSR count). The molecule has 0 bridgehead atoms. The third kappa shape index (κ3) is 19.1. The van der Waals surface area contributed by atoms with E-state index in [1.54, 1.807) is 31.4 Å². The van der Waals surface area contributed by atoms with E-state index < -0.39 is 7.89 Å². The minimum Gasteiger partial charge on any atom is -0.508 e. The van der Waals surface area contributed by atoms with E-state index in [-0.39, 0.29) is 45.2 Å². The summed E-state index contributed by atoms with van der Waals surface area (Å²) in [5.74, 6) is 0.904. The van der Waals surface area contributed by atoms with Crippen LogP contribution in [-0.4, -0.2) is 12.2 Å². The number of phenolic OH excluding ortho intramolecular Hbond substituents is 1. The van der Waals surface area contributed by atoms with E-state index in [4.69, 9.17) is 20.4 Å². The first kappa shape index (κ1) is 44.9. The van der Waals surface area contributed by atoms with Gasteiger partial charge in [-0.25, -0.2) is 0 Å². The van der Waals surface area contributed by atoms with Crippen molar-refractivity contribution in [2.75, 3.05) is 7.11 Å². The minimum atomic E-state index is -0.399. The fourth-order valence-corrected chi connectivity index (χ4v) is 1890. The molecule has 0 saturated carbocycles. The Labute approximate surface area is 336 Å². The molecule has 0 spiro atoms. The summed E-state index contributed by atoms with van der Waals surface area (Å²) in [7, 11) is -0.416. The monoisotopic (exact) mass is 2310 g/mol. The molecule has 0 aliphatic rings. The Kier molecular flexibility index (Phi) is 33.5. The maximum Gasteiger partial charge on any atom is 0.116 e. The summed E-state index contributed by atoms with van der Waals surface area (Å²) in [5.41, 5.74) is 1.14. The van der Waals surface area contributed by atoms with Gasteiger partial charge in [-0.15, -0.1) is 0 Å². The molecule has 1 N–H and O–H groups in total. The van der Waals surface area contributed by atoms with E-state index in [0.717, 1.165) is 10.2 Å². The fourth-order valence-electron chi connectivity index (χ4n) is 1.45. The van der Waals surface area contributed by atoms with E-state index >= 15 is 0 Å². The Bertz CT molecular complexity index is 1040. The van der Waals surface area contributed by atoms with Crippen LogP contribution >= 0.6 is 228 Å². The number of ether oxygens (including phenoxy) is 1. The molecule has 0 atom stereocenters. The van der Waals surface area contributed by atoms with E-state index in [1.807, 2.05) is 12.1 Å². The van der Waals surface area contributed by atoms with Gasteiger partial charge in [0.2, 0.25) is 0 Å². The first-order chi connectivity index (χ1) is 16.8. The normalized spacial score (nSPS) is 12.2. The summed E-state index contributed by atoms with van der Waals surface area (Å²) >= 11 is 30.6. The van der Waals surface area contributed by atoms with Crippen molar-refractivity contribution >= 4 is 228 Å². The summed E-state index contributed by atoms with van der Waals surface area (Å²) in [4.78, 5) is 0. The van der Waals surface area contributed by atoms with E-state index in [2.05, 4.69) is 181 Å². The molecule has 36 heavy (non-hydrogen) atoms. The Hall–Kier alpha value is 8.93. The van der Waals surface area contributed by atoms with Crippen LogP contribution in [0.3, 0.4) is 0 Å². The average molecular weight is 2310 g/mol. The number of hydrogen-bond donors (Lipinski definition) is 1. The zero-order chi connectivity index (χ0) is 28.0. The molecular formula is C15H10Br2I15N2O2-. The third-order valence-electron chi connectivity index (χ3n) is 2.82. The van der Waals surface area contributed by atoms with Crippen LogP contribution in [-0.2, 0) is 0 Å². The van der Waals surface area contributed by atoms with Gasteiger partial charge in [0.25, 0.3) is 0 Å². The van der Waals surface area contributed by atoms with Gasteiger partial charge in [0.05, 0.1) is 18.2 Å². The van der Waals surface area contributed by atoms with Crippen molar-refractivity contribution < 1.29 is 23.1 Å². The van der Waals surface area contributed by atoms with Crippen molar-refractivity contribution in [2.24, 2.45) is 0 Å². The van der Waals surface area contributed by atoms with Crippen molar-refractivity contribution in [2.45, 2.75) is 0 Å². The van der Waals surface area contributed by atoms with Crippen LogP contribution in [0.4, 0.5) is 0 Å². The molecule has 4 nitrogen and oxygen atoms in total. The molecule has 0 saturated heterocycles.